The molecule has 4 rings (SSSR count). The molecule has 2 aliphatic carbocycles. The van der Waals surface area contributed by atoms with Crippen LogP contribution in [0.3, 0.4) is 0 Å². The Hall–Kier alpha value is -2.01. The third-order valence-corrected chi connectivity index (χ3v) is 4.81. The molecule has 2 aromatic rings. The van der Waals surface area contributed by atoms with Gasteiger partial charge in [-0.1, -0.05) is 0 Å². The zero-order valence-corrected chi connectivity index (χ0v) is 13.1. The Morgan fingerprint density at radius 3 is 2.77 bits per heavy atom. The predicted octanol–water partition coefficient (Wildman–Crippen LogP) is 0.743. The molecule has 116 valence electrons. The van der Waals surface area contributed by atoms with Gasteiger partial charge in [-0.2, -0.15) is 0 Å². The summed E-state index contributed by atoms with van der Waals surface area (Å²) in [5.41, 5.74) is 5.04. The molecule has 1 unspecified atom stereocenters. The second-order valence-electron chi connectivity index (χ2n) is 6.65. The summed E-state index contributed by atoms with van der Waals surface area (Å²) in [6.07, 6.45) is 7.69. The molecule has 0 aromatic carbocycles. The number of hydrogen-bond donors (Lipinski definition) is 3. The summed E-state index contributed by atoms with van der Waals surface area (Å²) in [5.74, 6) is 0. The first-order chi connectivity index (χ1) is 10.6. The lowest BCUT2D eigenvalue weighted by molar-refractivity contribution is 0.268. The van der Waals surface area contributed by atoms with Gasteiger partial charge in [0.15, 0.2) is 0 Å². The maximum absolute atomic E-state index is 12.0. The van der Waals surface area contributed by atoms with Crippen LogP contribution in [-0.4, -0.2) is 34.2 Å². The second kappa shape index (κ2) is 5.02. The number of H-pyrrole nitrogens is 3. The molecule has 1 atom stereocenters. The molecule has 22 heavy (non-hydrogen) atoms. The Kier molecular flexibility index (Phi) is 3.11. The van der Waals surface area contributed by atoms with Gasteiger partial charge in [0.05, 0.1) is 10.6 Å². The van der Waals surface area contributed by atoms with E-state index in [2.05, 4.69) is 40.2 Å². The van der Waals surface area contributed by atoms with Crippen LogP contribution >= 0.6 is 0 Å². The fraction of sp³-hybridized carbons (Fsp3) is 0.471. The van der Waals surface area contributed by atoms with Gasteiger partial charge in [0.25, 0.3) is 5.56 Å². The van der Waals surface area contributed by atoms with Gasteiger partial charge >= 0.3 is 0 Å². The normalized spacial score (nSPS) is 21.5. The Labute approximate surface area is 128 Å². The molecule has 0 aliphatic heterocycles. The SMILES string of the molecule is CN(C)C1CCCc2[nH]c(C=c3c(=O)[nH][nH]c3=C3CC3)cc21. The van der Waals surface area contributed by atoms with Crippen LogP contribution in [0.5, 0.6) is 0 Å². The third kappa shape index (κ3) is 2.25. The van der Waals surface area contributed by atoms with Crippen LogP contribution in [0.25, 0.3) is 11.6 Å². The zero-order chi connectivity index (χ0) is 15.3. The van der Waals surface area contributed by atoms with E-state index < -0.39 is 0 Å². The molecule has 0 spiro atoms. The van der Waals surface area contributed by atoms with Crippen LogP contribution in [-0.2, 0) is 6.42 Å². The first-order valence-electron chi connectivity index (χ1n) is 8.02. The monoisotopic (exact) mass is 298 g/mol. The highest BCUT2D eigenvalue weighted by atomic mass is 16.1. The van der Waals surface area contributed by atoms with Crippen molar-refractivity contribution < 1.29 is 0 Å². The average Bonchev–Trinajstić information content (AvgIpc) is 3.15. The zero-order valence-electron chi connectivity index (χ0n) is 13.1. The topological polar surface area (TPSA) is 67.7 Å². The minimum atomic E-state index is -0.0360. The molecule has 2 heterocycles. The maximum atomic E-state index is 12.0. The van der Waals surface area contributed by atoms with Crippen molar-refractivity contribution in [3.8, 4) is 0 Å². The molecular formula is C17H22N4O. The lowest BCUT2D eigenvalue weighted by Crippen LogP contribution is -2.33. The summed E-state index contributed by atoms with van der Waals surface area (Å²) in [6, 6.07) is 2.69. The number of aromatic amines is 3. The molecule has 0 bridgehead atoms. The van der Waals surface area contributed by atoms with Crippen molar-refractivity contribution in [3.63, 3.8) is 0 Å². The third-order valence-electron chi connectivity index (χ3n) is 4.81. The van der Waals surface area contributed by atoms with E-state index in [1.165, 1.54) is 29.7 Å². The standard InChI is InChI=1S/C17H22N4O/c1-21(2)15-5-3-4-14-12(15)8-11(18-14)9-13-16(10-6-7-10)19-20-17(13)22/h8-9,15,18-19H,3-7H2,1-2H3,(H,20,22). The molecule has 0 amide bonds. The smallest absolute Gasteiger partial charge is 0.271 e. The summed E-state index contributed by atoms with van der Waals surface area (Å²) in [7, 11) is 4.27. The highest BCUT2D eigenvalue weighted by Gasteiger charge is 2.23. The molecule has 1 saturated carbocycles. The van der Waals surface area contributed by atoms with Crippen molar-refractivity contribution in [2.24, 2.45) is 0 Å². The highest BCUT2D eigenvalue weighted by Crippen LogP contribution is 2.33. The van der Waals surface area contributed by atoms with Gasteiger partial charge in [-0.15, -0.1) is 0 Å². The number of nitrogens with one attached hydrogen (secondary N) is 3. The van der Waals surface area contributed by atoms with Gasteiger partial charge in [-0.3, -0.25) is 15.0 Å². The van der Waals surface area contributed by atoms with Crippen LogP contribution in [0.1, 0.15) is 48.7 Å². The fourth-order valence-electron chi connectivity index (χ4n) is 3.54. The molecule has 0 radical (unpaired) electrons. The molecule has 2 aromatic heterocycles. The molecule has 0 saturated heterocycles. The summed E-state index contributed by atoms with van der Waals surface area (Å²) >= 11 is 0. The minimum absolute atomic E-state index is 0.0360. The number of nitrogens with zero attached hydrogens (tertiary/aromatic N) is 1. The summed E-state index contributed by atoms with van der Waals surface area (Å²) in [5, 5.41) is 7.47. The van der Waals surface area contributed by atoms with Crippen molar-refractivity contribution in [1.82, 2.24) is 20.1 Å². The predicted molar refractivity (Wildman–Crippen MR) is 87.0 cm³/mol. The second-order valence-corrected chi connectivity index (χ2v) is 6.65. The molecule has 1 fully saturated rings. The van der Waals surface area contributed by atoms with Gasteiger partial charge in [-0.05, 0) is 69.5 Å². The van der Waals surface area contributed by atoms with E-state index in [1.807, 2.05) is 6.08 Å². The number of aryl methyl sites for hydroxylation is 1. The summed E-state index contributed by atoms with van der Waals surface area (Å²) < 4.78 is 0. The van der Waals surface area contributed by atoms with Crippen molar-refractivity contribution in [3.05, 3.63) is 43.9 Å². The first-order valence-corrected chi connectivity index (χ1v) is 8.02. The first kappa shape index (κ1) is 13.6. The highest BCUT2D eigenvalue weighted by molar-refractivity contribution is 5.58. The number of fused-ring (bicyclic) bond motifs is 1. The lowest BCUT2D eigenvalue weighted by atomic mass is 9.92. The molecule has 5 heteroatoms. The van der Waals surface area contributed by atoms with Crippen molar-refractivity contribution in [2.75, 3.05) is 14.1 Å². The Balaban J connectivity index is 1.83. The van der Waals surface area contributed by atoms with E-state index in [0.29, 0.717) is 6.04 Å². The van der Waals surface area contributed by atoms with Crippen LogP contribution in [0.2, 0.25) is 0 Å². The number of rotatable bonds is 2. The van der Waals surface area contributed by atoms with Crippen LogP contribution in [0, 0.1) is 0 Å². The number of aromatic nitrogens is 3. The van der Waals surface area contributed by atoms with Gasteiger partial charge in [-0.25, -0.2) is 0 Å². The fourth-order valence-corrected chi connectivity index (χ4v) is 3.54. The van der Waals surface area contributed by atoms with E-state index in [-0.39, 0.29) is 5.56 Å². The lowest BCUT2D eigenvalue weighted by Gasteiger charge is -2.28. The van der Waals surface area contributed by atoms with Crippen LogP contribution < -0.4 is 16.1 Å². The molecule has 2 aliphatic rings. The van der Waals surface area contributed by atoms with Gasteiger partial charge in [0, 0.05) is 17.4 Å². The summed E-state index contributed by atoms with van der Waals surface area (Å²) in [6.45, 7) is 0. The van der Waals surface area contributed by atoms with E-state index in [4.69, 9.17) is 0 Å². The minimum Gasteiger partial charge on any atom is -0.359 e. The van der Waals surface area contributed by atoms with E-state index in [1.54, 1.807) is 0 Å². The molecule has 3 N–H and O–H groups in total. The summed E-state index contributed by atoms with van der Waals surface area (Å²) in [4.78, 5) is 17.8. The quantitative estimate of drug-likeness (QED) is 0.765. The number of hydrogen-bond acceptors (Lipinski definition) is 2. The largest absolute Gasteiger partial charge is 0.359 e. The van der Waals surface area contributed by atoms with Crippen LogP contribution in [0.15, 0.2) is 10.9 Å². The van der Waals surface area contributed by atoms with Crippen molar-refractivity contribution >= 4 is 11.6 Å². The van der Waals surface area contributed by atoms with Gasteiger partial charge < -0.3 is 9.88 Å². The average molecular weight is 298 g/mol. The van der Waals surface area contributed by atoms with E-state index in [0.717, 1.165) is 35.5 Å². The van der Waals surface area contributed by atoms with Crippen molar-refractivity contribution in [2.45, 2.75) is 38.1 Å². The Bertz CT molecular complexity index is 875. The molecule has 5 nitrogen and oxygen atoms in total. The molecular weight excluding hydrogens is 276 g/mol. The van der Waals surface area contributed by atoms with Crippen molar-refractivity contribution in [1.29, 1.82) is 0 Å². The Morgan fingerprint density at radius 1 is 1.23 bits per heavy atom. The maximum Gasteiger partial charge on any atom is 0.271 e. The van der Waals surface area contributed by atoms with E-state index in [9.17, 15) is 4.79 Å². The Morgan fingerprint density at radius 2 is 2.05 bits per heavy atom. The van der Waals surface area contributed by atoms with Gasteiger partial charge in [0.2, 0.25) is 0 Å². The van der Waals surface area contributed by atoms with Gasteiger partial charge in [0.1, 0.15) is 0 Å². The van der Waals surface area contributed by atoms with Crippen LogP contribution in [0.4, 0.5) is 0 Å². The van der Waals surface area contributed by atoms with E-state index >= 15 is 0 Å².